The standard InChI is InChI=1S/C15H22FN3O/c1-10(17)11-5-6-14(13(16)8-11)19-7-3-4-12(9-19)15(20)18-2/h5-6,8,10,12H,3-4,7,9,17H2,1-2H3,(H,18,20). The number of benzene rings is 1. The molecule has 0 aliphatic carbocycles. The summed E-state index contributed by atoms with van der Waals surface area (Å²) in [6.07, 6.45) is 1.75. The Bertz CT molecular complexity index is 490. The van der Waals surface area contributed by atoms with Crippen LogP contribution < -0.4 is 16.0 Å². The van der Waals surface area contributed by atoms with E-state index >= 15 is 0 Å². The highest BCUT2D eigenvalue weighted by molar-refractivity contribution is 5.79. The first-order valence-electron chi connectivity index (χ1n) is 7.04. The minimum Gasteiger partial charge on any atom is -0.368 e. The molecule has 2 rings (SSSR count). The second-order valence-corrected chi connectivity index (χ2v) is 5.40. The molecule has 110 valence electrons. The Hall–Kier alpha value is -1.62. The molecule has 0 aromatic heterocycles. The summed E-state index contributed by atoms with van der Waals surface area (Å²) in [5.41, 5.74) is 7.10. The number of nitrogens with one attached hydrogen (secondary N) is 1. The van der Waals surface area contributed by atoms with Gasteiger partial charge >= 0.3 is 0 Å². The fourth-order valence-corrected chi connectivity index (χ4v) is 2.68. The fourth-order valence-electron chi connectivity index (χ4n) is 2.68. The summed E-state index contributed by atoms with van der Waals surface area (Å²) in [4.78, 5) is 13.7. The van der Waals surface area contributed by atoms with Crippen LogP contribution in [-0.2, 0) is 4.79 Å². The van der Waals surface area contributed by atoms with Crippen LogP contribution in [0.25, 0.3) is 0 Å². The molecule has 1 aromatic carbocycles. The van der Waals surface area contributed by atoms with E-state index in [1.807, 2.05) is 17.9 Å². The number of carbonyl (C=O) groups excluding carboxylic acids is 1. The van der Waals surface area contributed by atoms with Crippen molar-refractivity contribution in [3.63, 3.8) is 0 Å². The first kappa shape index (κ1) is 14.8. The molecule has 20 heavy (non-hydrogen) atoms. The summed E-state index contributed by atoms with van der Waals surface area (Å²) in [5.74, 6) is -0.305. The average Bonchev–Trinajstić information content (AvgIpc) is 2.46. The lowest BCUT2D eigenvalue weighted by atomic mass is 9.96. The predicted molar refractivity (Wildman–Crippen MR) is 78.0 cm³/mol. The number of carbonyl (C=O) groups is 1. The molecule has 1 fully saturated rings. The Morgan fingerprint density at radius 3 is 2.90 bits per heavy atom. The molecule has 1 aliphatic heterocycles. The van der Waals surface area contributed by atoms with Gasteiger partial charge in [0.05, 0.1) is 11.6 Å². The first-order chi connectivity index (χ1) is 9.52. The van der Waals surface area contributed by atoms with Crippen LogP contribution >= 0.6 is 0 Å². The van der Waals surface area contributed by atoms with Gasteiger partial charge in [0.15, 0.2) is 0 Å². The number of hydrogen-bond donors (Lipinski definition) is 2. The van der Waals surface area contributed by atoms with Gasteiger partial charge in [-0.3, -0.25) is 4.79 Å². The molecule has 0 bridgehead atoms. The number of halogens is 1. The second kappa shape index (κ2) is 6.22. The molecule has 0 saturated carbocycles. The molecule has 3 N–H and O–H groups in total. The van der Waals surface area contributed by atoms with Crippen molar-refractivity contribution in [2.75, 3.05) is 25.0 Å². The van der Waals surface area contributed by atoms with Crippen molar-refractivity contribution in [1.29, 1.82) is 0 Å². The Morgan fingerprint density at radius 2 is 2.30 bits per heavy atom. The molecule has 1 saturated heterocycles. The number of amides is 1. The largest absolute Gasteiger partial charge is 0.368 e. The third-order valence-corrected chi connectivity index (χ3v) is 3.88. The lowest BCUT2D eigenvalue weighted by Gasteiger charge is -2.33. The van der Waals surface area contributed by atoms with Crippen molar-refractivity contribution in [2.24, 2.45) is 11.7 Å². The van der Waals surface area contributed by atoms with Gasteiger partial charge in [-0.15, -0.1) is 0 Å². The summed E-state index contributed by atoms with van der Waals surface area (Å²) < 4.78 is 14.2. The summed E-state index contributed by atoms with van der Waals surface area (Å²) in [5, 5.41) is 2.67. The van der Waals surface area contributed by atoms with Crippen molar-refractivity contribution in [1.82, 2.24) is 5.32 Å². The molecule has 0 radical (unpaired) electrons. The molecule has 1 amide bonds. The number of hydrogen-bond acceptors (Lipinski definition) is 3. The van der Waals surface area contributed by atoms with E-state index < -0.39 is 0 Å². The Kier molecular flexibility index (Phi) is 4.60. The van der Waals surface area contributed by atoms with E-state index in [1.165, 1.54) is 6.07 Å². The molecule has 5 heteroatoms. The van der Waals surface area contributed by atoms with Gasteiger partial charge in [0.25, 0.3) is 0 Å². The van der Waals surface area contributed by atoms with Gasteiger partial charge < -0.3 is 16.0 Å². The average molecular weight is 279 g/mol. The van der Waals surface area contributed by atoms with E-state index in [9.17, 15) is 9.18 Å². The molecular formula is C15H22FN3O. The number of piperidine rings is 1. The molecule has 4 nitrogen and oxygen atoms in total. The Labute approximate surface area is 119 Å². The molecule has 1 aromatic rings. The molecule has 2 atom stereocenters. The maximum atomic E-state index is 14.2. The molecule has 0 spiro atoms. The third kappa shape index (κ3) is 3.10. The van der Waals surface area contributed by atoms with Crippen LogP contribution in [0.3, 0.4) is 0 Å². The van der Waals surface area contributed by atoms with Gasteiger partial charge in [0, 0.05) is 26.2 Å². The van der Waals surface area contributed by atoms with Crippen LogP contribution in [0, 0.1) is 11.7 Å². The zero-order chi connectivity index (χ0) is 14.7. The van der Waals surface area contributed by atoms with Crippen LogP contribution in [0.5, 0.6) is 0 Å². The van der Waals surface area contributed by atoms with E-state index in [0.29, 0.717) is 12.2 Å². The monoisotopic (exact) mass is 279 g/mol. The SMILES string of the molecule is CNC(=O)C1CCCN(c2ccc(C(C)N)cc2F)C1. The lowest BCUT2D eigenvalue weighted by molar-refractivity contribution is -0.124. The van der Waals surface area contributed by atoms with Crippen LogP contribution in [0.1, 0.15) is 31.4 Å². The predicted octanol–water partition coefficient (Wildman–Crippen LogP) is 1.81. The summed E-state index contributed by atoms with van der Waals surface area (Å²) in [6, 6.07) is 4.93. The number of anilines is 1. The van der Waals surface area contributed by atoms with Crippen LogP contribution in [0.15, 0.2) is 18.2 Å². The van der Waals surface area contributed by atoms with Crippen LogP contribution in [-0.4, -0.2) is 26.0 Å². The highest BCUT2D eigenvalue weighted by Crippen LogP contribution is 2.27. The summed E-state index contributed by atoms with van der Waals surface area (Å²) in [6.45, 7) is 3.17. The zero-order valence-corrected chi connectivity index (χ0v) is 12.0. The van der Waals surface area contributed by atoms with Crippen molar-refractivity contribution < 1.29 is 9.18 Å². The normalized spacial score (nSPS) is 20.6. The topological polar surface area (TPSA) is 58.4 Å². The van der Waals surface area contributed by atoms with E-state index in [2.05, 4.69) is 5.32 Å². The Balaban J connectivity index is 2.17. The van der Waals surface area contributed by atoms with Crippen molar-refractivity contribution in [2.45, 2.75) is 25.8 Å². The number of rotatable bonds is 3. The smallest absolute Gasteiger partial charge is 0.224 e. The quantitative estimate of drug-likeness (QED) is 0.887. The van der Waals surface area contributed by atoms with E-state index in [0.717, 1.165) is 24.9 Å². The van der Waals surface area contributed by atoms with E-state index in [1.54, 1.807) is 13.1 Å². The van der Waals surface area contributed by atoms with Crippen LogP contribution in [0.4, 0.5) is 10.1 Å². The van der Waals surface area contributed by atoms with Crippen molar-refractivity contribution in [3.8, 4) is 0 Å². The maximum absolute atomic E-state index is 14.2. The van der Waals surface area contributed by atoms with Crippen LogP contribution in [0.2, 0.25) is 0 Å². The minimum atomic E-state index is -0.266. The van der Waals surface area contributed by atoms with Gasteiger partial charge in [-0.2, -0.15) is 0 Å². The van der Waals surface area contributed by atoms with E-state index in [-0.39, 0.29) is 23.7 Å². The molecular weight excluding hydrogens is 257 g/mol. The maximum Gasteiger partial charge on any atom is 0.224 e. The lowest BCUT2D eigenvalue weighted by Crippen LogP contribution is -2.42. The third-order valence-electron chi connectivity index (χ3n) is 3.88. The fraction of sp³-hybridized carbons (Fsp3) is 0.533. The summed E-state index contributed by atoms with van der Waals surface area (Å²) >= 11 is 0. The van der Waals surface area contributed by atoms with Gasteiger partial charge in [0.1, 0.15) is 5.82 Å². The minimum absolute atomic E-state index is 0.0299. The summed E-state index contributed by atoms with van der Waals surface area (Å²) in [7, 11) is 1.64. The van der Waals surface area contributed by atoms with Gasteiger partial charge in [-0.1, -0.05) is 6.07 Å². The first-order valence-corrected chi connectivity index (χ1v) is 7.04. The highest BCUT2D eigenvalue weighted by atomic mass is 19.1. The van der Waals surface area contributed by atoms with Gasteiger partial charge in [-0.25, -0.2) is 4.39 Å². The Morgan fingerprint density at radius 1 is 1.55 bits per heavy atom. The van der Waals surface area contributed by atoms with Gasteiger partial charge in [0.2, 0.25) is 5.91 Å². The van der Waals surface area contributed by atoms with Gasteiger partial charge in [-0.05, 0) is 37.5 Å². The highest BCUT2D eigenvalue weighted by Gasteiger charge is 2.26. The molecule has 1 heterocycles. The van der Waals surface area contributed by atoms with E-state index in [4.69, 9.17) is 5.73 Å². The zero-order valence-electron chi connectivity index (χ0n) is 12.0. The molecule has 1 aliphatic rings. The second-order valence-electron chi connectivity index (χ2n) is 5.40. The van der Waals surface area contributed by atoms with Crippen molar-refractivity contribution in [3.05, 3.63) is 29.6 Å². The molecule has 2 unspecified atom stereocenters. The number of nitrogens with two attached hydrogens (primary N) is 1. The van der Waals surface area contributed by atoms with Crippen molar-refractivity contribution >= 4 is 11.6 Å². The number of nitrogens with zero attached hydrogens (tertiary/aromatic N) is 1.